The first-order valence-corrected chi connectivity index (χ1v) is 6.90. The van der Waals surface area contributed by atoms with Crippen LogP contribution in [0.3, 0.4) is 0 Å². The normalized spacial score (nSPS) is 37.8. The van der Waals surface area contributed by atoms with Crippen LogP contribution >= 0.6 is 0 Å². The maximum absolute atomic E-state index is 9.99. The van der Waals surface area contributed by atoms with E-state index in [1.54, 1.807) is 6.07 Å². The van der Waals surface area contributed by atoms with Crippen molar-refractivity contribution in [3.8, 4) is 11.5 Å². The van der Waals surface area contributed by atoms with Crippen molar-refractivity contribution >= 4 is 0 Å². The molecule has 2 fully saturated rings. The zero-order valence-electron chi connectivity index (χ0n) is 10.7. The number of aromatic hydroxyl groups is 1. The van der Waals surface area contributed by atoms with Gasteiger partial charge in [-0.25, -0.2) is 0 Å². The van der Waals surface area contributed by atoms with Gasteiger partial charge in [-0.05, 0) is 45.3 Å². The Bertz CT molecular complexity index is 501. The minimum Gasteiger partial charge on any atom is -0.504 e. The number of nitrogens with zero attached hydrogens (tertiary/aromatic N) is 1. The summed E-state index contributed by atoms with van der Waals surface area (Å²) in [4.78, 5) is 2.49. The van der Waals surface area contributed by atoms with E-state index in [1.807, 2.05) is 6.07 Å². The van der Waals surface area contributed by atoms with Gasteiger partial charge in [0.05, 0.1) is 0 Å². The molecule has 2 heterocycles. The van der Waals surface area contributed by atoms with Crippen LogP contribution in [0.4, 0.5) is 0 Å². The van der Waals surface area contributed by atoms with Gasteiger partial charge < -0.3 is 14.7 Å². The molecule has 2 aliphatic heterocycles. The van der Waals surface area contributed by atoms with Crippen molar-refractivity contribution in [3.63, 3.8) is 0 Å². The van der Waals surface area contributed by atoms with Crippen LogP contribution < -0.4 is 4.74 Å². The van der Waals surface area contributed by atoms with E-state index in [0.717, 1.165) is 25.1 Å². The summed E-state index contributed by atoms with van der Waals surface area (Å²) in [7, 11) is 2.23. The summed E-state index contributed by atoms with van der Waals surface area (Å²) in [5.74, 6) is 1.07. The van der Waals surface area contributed by atoms with Gasteiger partial charge in [-0.1, -0.05) is 12.1 Å². The molecule has 1 aromatic carbocycles. The smallest absolute Gasteiger partial charge is 0.165 e. The molecule has 18 heavy (non-hydrogen) atoms. The average molecular weight is 245 g/mol. The van der Waals surface area contributed by atoms with Crippen molar-refractivity contribution in [2.45, 2.75) is 43.2 Å². The van der Waals surface area contributed by atoms with E-state index in [1.165, 1.54) is 18.4 Å². The highest BCUT2D eigenvalue weighted by Crippen LogP contribution is 2.56. The number of likely N-dealkylation sites (tertiary alicyclic amines) is 1. The summed E-state index contributed by atoms with van der Waals surface area (Å²) >= 11 is 0. The maximum atomic E-state index is 9.99. The molecule has 96 valence electrons. The molecule has 1 aliphatic carbocycles. The van der Waals surface area contributed by atoms with Gasteiger partial charge in [0.1, 0.15) is 6.10 Å². The van der Waals surface area contributed by atoms with Gasteiger partial charge in [0.25, 0.3) is 0 Å². The van der Waals surface area contributed by atoms with E-state index in [4.69, 9.17) is 4.74 Å². The van der Waals surface area contributed by atoms with Crippen LogP contribution in [0.25, 0.3) is 0 Å². The minimum absolute atomic E-state index is 0.170. The Morgan fingerprint density at radius 1 is 1.39 bits per heavy atom. The number of fused-ring (bicyclic) bond motifs is 2. The van der Waals surface area contributed by atoms with E-state index >= 15 is 0 Å². The Labute approximate surface area is 107 Å². The van der Waals surface area contributed by atoms with Crippen LogP contribution in [-0.2, 0) is 5.41 Å². The van der Waals surface area contributed by atoms with Crippen molar-refractivity contribution in [1.29, 1.82) is 0 Å². The largest absolute Gasteiger partial charge is 0.504 e. The Morgan fingerprint density at radius 2 is 2.28 bits per heavy atom. The summed E-state index contributed by atoms with van der Waals surface area (Å²) in [6.07, 6.45) is 4.96. The molecule has 0 radical (unpaired) electrons. The molecule has 1 saturated carbocycles. The predicted octanol–water partition coefficient (Wildman–Crippen LogP) is 2.28. The lowest BCUT2D eigenvalue weighted by Crippen LogP contribution is -2.55. The standard InChI is InChI=1S/C15H19NO2/c1-16-8-7-15-9-10(16)5-6-13(15)18-14-11(15)3-2-4-12(14)17/h2-4,10,13,17H,5-9H2,1H3/t10-,13+,15-/m0/s1. The molecule has 0 aromatic heterocycles. The summed E-state index contributed by atoms with van der Waals surface area (Å²) < 4.78 is 6.08. The highest BCUT2D eigenvalue weighted by Gasteiger charge is 2.55. The van der Waals surface area contributed by atoms with Gasteiger partial charge in [-0.2, -0.15) is 0 Å². The van der Waals surface area contributed by atoms with Crippen LogP contribution in [0.5, 0.6) is 11.5 Å². The fraction of sp³-hybridized carbons (Fsp3) is 0.600. The quantitative estimate of drug-likeness (QED) is 0.761. The summed E-state index contributed by atoms with van der Waals surface area (Å²) in [5.41, 5.74) is 1.43. The predicted molar refractivity (Wildman–Crippen MR) is 69.1 cm³/mol. The second-order valence-corrected chi connectivity index (χ2v) is 6.08. The lowest BCUT2D eigenvalue weighted by molar-refractivity contribution is 0.00443. The molecular weight excluding hydrogens is 226 g/mol. The topological polar surface area (TPSA) is 32.7 Å². The zero-order valence-corrected chi connectivity index (χ0v) is 10.7. The average Bonchev–Trinajstić information content (AvgIpc) is 2.70. The first-order valence-electron chi connectivity index (χ1n) is 6.90. The van der Waals surface area contributed by atoms with Crippen molar-refractivity contribution < 1.29 is 9.84 Å². The van der Waals surface area contributed by atoms with Gasteiger partial charge >= 0.3 is 0 Å². The minimum atomic E-state index is 0.170. The van der Waals surface area contributed by atoms with Gasteiger partial charge in [-0.15, -0.1) is 0 Å². The number of ether oxygens (including phenoxy) is 1. The van der Waals surface area contributed by atoms with Crippen LogP contribution in [0.1, 0.15) is 31.2 Å². The number of phenolic OH excluding ortho intramolecular Hbond substituents is 1. The highest BCUT2D eigenvalue weighted by atomic mass is 16.5. The molecule has 3 aliphatic rings. The number of piperidine rings is 1. The number of phenols is 1. The number of rotatable bonds is 0. The molecule has 3 nitrogen and oxygen atoms in total. The van der Waals surface area contributed by atoms with Gasteiger partial charge in [0.15, 0.2) is 11.5 Å². The third kappa shape index (κ3) is 1.18. The second kappa shape index (κ2) is 3.41. The first kappa shape index (κ1) is 10.7. The monoisotopic (exact) mass is 245 g/mol. The van der Waals surface area contributed by atoms with Crippen LogP contribution in [0.2, 0.25) is 0 Å². The van der Waals surface area contributed by atoms with E-state index in [2.05, 4.69) is 18.0 Å². The van der Waals surface area contributed by atoms with Crippen LogP contribution in [0.15, 0.2) is 18.2 Å². The SMILES string of the molecule is CN1CC[C@@]23C[C@@H]1CC[C@H]2Oc1c(O)cccc13. The third-order valence-electron chi connectivity index (χ3n) is 5.30. The van der Waals surface area contributed by atoms with Crippen molar-refractivity contribution in [2.24, 2.45) is 0 Å². The molecule has 1 saturated heterocycles. The van der Waals surface area contributed by atoms with Gasteiger partial charge in [-0.3, -0.25) is 0 Å². The molecule has 3 atom stereocenters. The van der Waals surface area contributed by atoms with Gasteiger partial charge in [0, 0.05) is 17.0 Å². The van der Waals surface area contributed by atoms with Crippen LogP contribution in [0, 0.1) is 0 Å². The molecule has 1 N–H and O–H groups in total. The van der Waals surface area contributed by atoms with E-state index < -0.39 is 0 Å². The van der Waals surface area contributed by atoms with Crippen molar-refractivity contribution in [3.05, 3.63) is 23.8 Å². The van der Waals surface area contributed by atoms with E-state index in [0.29, 0.717) is 11.8 Å². The third-order valence-corrected chi connectivity index (χ3v) is 5.30. The van der Waals surface area contributed by atoms with E-state index in [-0.39, 0.29) is 11.5 Å². The van der Waals surface area contributed by atoms with Crippen molar-refractivity contribution in [1.82, 2.24) is 4.90 Å². The summed E-state index contributed by atoms with van der Waals surface area (Å²) in [6, 6.07) is 6.53. The van der Waals surface area contributed by atoms with Crippen LogP contribution in [-0.4, -0.2) is 35.7 Å². The lowest BCUT2D eigenvalue weighted by Gasteiger charge is -2.49. The molecule has 3 heteroatoms. The number of para-hydroxylation sites is 1. The maximum Gasteiger partial charge on any atom is 0.165 e. The molecule has 2 bridgehead atoms. The number of hydrogen-bond acceptors (Lipinski definition) is 3. The van der Waals surface area contributed by atoms with Crippen molar-refractivity contribution in [2.75, 3.05) is 13.6 Å². The number of benzene rings is 1. The second-order valence-electron chi connectivity index (χ2n) is 6.08. The zero-order chi connectivity index (χ0) is 12.3. The molecule has 1 spiro atoms. The Kier molecular flexibility index (Phi) is 2.03. The Balaban J connectivity index is 1.84. The fourth-order valence-corrected chi connectivity index (χ4v) is 4.24. The van der Waals surface area contributed by atoms with E-state index in [9.17, 15) is 5.11 Å². The molecular formula is C15H19NO2. The lowest BCUT2D eigenvalue weighted by atomic mass is 9.63. The Morgan fingerprint density at radius 3 is 3.17 bits per heavy atom. The number of hydrogen-bond donors (Lipinski definition) is 1. The Hall–Kier alpha value is -1.22. The molecule has 1 aromatic rings. The summed E-state index contributed by atoms with van der Waals surface area (Å²) in [5, 5.41) is 9.99. The molecule has 4 rings (SSSR count). The van der Waals surface area contributed by atoms with Gasteiger partial charge in [0.2, 0.25) is 0 Å². The highest BCUT2D eigenvalue weighted by molar-refractivity contribution is 5.54. The molecule has 0 unspecified atom stereocenters. The fourth-order valence-electron chi connectivity index (χ4n) is 4.24. The first-order chi connectivity index (χ1) is 8.71. The summed E-state index contributed by atoms with van der Waals surface area (Å²) in [6.45, 7) is 1.14. The molecule has 0 amide bonds.